The summed E-state index contributed by atoms with van der Waals surface area (Å²) in [4.78, 5) is 29.6. The van der Waals surface area contributed by atoms with Gasteiger partial charge in [0.15, 0.2) is 5.82 Å². The zero-order valence-corrected chi connectivity index (χ0v) is 14.9. The summed E-state index contributed by atoms with van der Waals surface area (Å²) in [6.45, 7) is 3.70. The molecule has 132 valence electrons. The minimum Gasteiger partial charge on any atom is -0.372 e. The topological polar surface area (TPSA) is 71.5 Å². The summed E-state index contributed by atoms with van der Waals surface area (Å²) >= 11 is 0. The highest BCUT2D eigenvalue weighted by atomic mass is 16.5. The second-order valence-electron chi connectivity index (χ2n) is 6.13. The molecule has 1 amide bonds. The van der Waals surface area contributed by atoms with Gasteiger partial charge in [0, 0.05) is 50.8 Å². The minimum atomic E-state index is 0.00276. The maximum Gasteiger partial charge on any atom is 0.248 e. The lowest BCUT2D eigenvalue weighted by molar-refractivity contribution is -0.137. The number of hydrogen-bond acceptors (Lipinski definition) is 6. The molecule has 0 aromatic carbocycles. The van der Waals surface area contributed by atoms with Crippen LogP contribution in [0.15, 0.2) is 24.5 Å². The smallest absolute Gasteiger partial charge is 0.248 e. The molecule has 3 heterocycles. The Morgan fingerprint density at radius 1 is 1.28 bits per heavy atom. The number of nitrogens with zero attached hydrogens (tertiary/aromatic N) is 5. The molecule has 0 saturated carbocycles. The van der Waals surface area contributed by atoms with Gasteiger partial charge in [-0.25, -0.2) is 9.97 Å². The van der Waals surface area contributed by atoms with Gasteiger partial charge in [0.05, 0.1) is 12.2 Å². The van der Waals surface area contributed by atoms with Gasteiger partial charge in [-0.05, 0) is 25.5 Å². The summed E-state index contributed by atoms with van der Waals surface area (Å²) in [5.74, 6) is 1.57. The maximum absolute atomic E-state index is 12.3. The fourth-order valence-corrected chi connectivity index (χ4v) is 2.90. The van der Waals surface area contributed by atoms with Crippen molar-refractivity contribution in [2.45, 2.75) is 19.9 Å². The molecule has 25 heavy (non-hydrogen) atoms. The first kappa shape index (κ1) is 17.3. The predicted octanol–water partition coefficient (Wildman–Crippen LogP) is 1.53. The Hall–Kier alpha value is -2.54. The van der Waals surface area contributed by atoms with Crippen molar-refractivity contribution in [2.24, 2.45) is 0 Å². The molecule has 2 aromatic rings. The number of aromatic nitrogens is 3. The normalized spacial score (nSPS) is 13.5. The van der Waals surface area contributed by atoms with E-state index in [0.717, 1.165) is 29.1 Å². The molecule has 0 aliphatic carbocycles. The first-order valence-corrected chi connectivity index (χ1v) is 8.43. The van der Waals surface area contributed by atoms with Crippen molar-refractivity contribution in [1.29, 1.82) is 0 Å². The average Bonchev–Trinajstić information content (AvgIpc) is 2.65. The van der Waals surface area contributed by atoms with Gasteiger partial charge in [0.2, 0.25) is 5.91 Å². The molecule has 7 heteroatoms. The van der Waals surface area contributed by atoms with Gasteiger partial charge in [-0.15, -0.1) is 0 Å². The highest BCUT2D eigenvalue weighted by Crippen LogP contribution is 2.28. The van der Waals surface area contributed by atoms with Crippen LogP contribution in [0, 0.1) is 0 Å². The zero-order chi connectivity index (χ0) is 17.8. The van der Waals surface area contributed by atoms with Crippen LogP contribution in [0.2, 0.25) is 0 Å². The number of carbonyl (C=O) groups is 1. The molecule has 1 aliphatic rings. The van der Waals surface area contributed by atoms with E-state index in [1.54, 1.807) is 17.3 Å². The molecule has 1 aliphatic heterocycles. The average molecular weight is 341 g/mol. The standard InChI is InChI=1S/C18H23N5O2/c1-4-25-12-16(24)23-10-7-14-15(11-23)20-17(21-18(14)22(2)3)13-5-8-19-9-6-13/h5-6,8-9H,4,7,10-12H2,1-3H3. The van der Waals surface area contributed by atoms with Gasteiger partial charge in [-0.3, -0.25) is 9.78 Å². The van der Waals surface area contributed by atoms with Crippen molar-refractivity contribution in [3.05, 3.63) is 35.8 Å². The number of hydrogen-bond donors (Lipinski definition) is 0. The molecule has 0 spiro atoms. The lowest BCUT2D eigenvalue weighted by atomic mass is 10.0. The highest BCUT2D eigenvalue weighted by molar-refractivity contribution is 5.78. The van der Waals surface area contributed by atoms with Gasteiger partial charge >= 0.3 is 0 Å². The zero-order valence-electron chi connectivity index (χ0n) is 14.9. The van der Waals surface area contributed by atoms with E-state index in [1.807, 2.05) is 38.1 Å². The molecular formula is C18H23N5O2. The Morgan fingerprint density at radius 2 is 2.04 bits per heavy atom. The molecule has 2 aromatic heterocycles. The van der Waals surface area contributed by atoms with E-state index in [2.05, 4.69) is 4.98 Å². The Bertz CT molecular complexity index is 749. The van der Waals surface area contributed by atoms with Crippen molar-refractivity contribution in [2.75, 3.05) is 38.8 Å². The van der Waals surface area contributed by atoms with E-state index >= 15 is 0 Å². The molecule has 3 rings (SSSR count). The van der Waals surface area contributed by atoms with Crippen molar-refractivity contribution in [3.63, 3.8) is 0 Å². The number of carbonyl (C=O) groups excluding carboxylic acids is 1. The van der Waals surface area contributed by atoms with E-state index in [4.69, 9.17) is 14.7 Å². The van der Waals surface area contributed by atoms with E-state index in [9.17, 15) is 4.79 Å². The minimum absolute atomic E-state index is 0.00276. The summed E-state index contributed by atoms with van der Waals surface area (Å²) in [7, 11) is 3.96. The molecular weight excluding hydrogens is 318 g/mol. The number of rotatable bonds is 5. The number of pyridine rings is 1. The molecule has 0 radical (unpaired) electrons. The van der Waals surface area contributed by atoms with Crippen molar-refractivity contribution in [3.8, 4) is 11.4 Å². The Morgan fingerprint density at radius 3 is 2.72 bits per heavy atom. The third-order valence-corrected chi connectivity index (χ3v) is 4.19. The molecule has 0 fully saturated rings. The van der Waals surface area contributed by atoms with Crippen LogP contribution in [-0.4, -0.2) is 59.6 Å². The fraction of sp³-hybridized carbons (Fsp3) is 0.444. The summed E-state index contributed by atoms with van der Waals surface area (Å²) < 4.78 is 5.25. The first-order chi connectivity index (χ1) is 12.1. The SMILES string of the molecule is CCOCC(=O)N1CCc2c(nc(-c3ccncc3)nc2N(C)C)C1. The first-order valence-electron chi connectivity index (χ1n) is 8.43. The van der Waals surface area contributed by atoms with E-state index in [1.165, 1.54) is 0 Å². The quantitative estimate of drug-likeness (QED) is 0.821. The third kappa shape index (κ3) is 3.76. The highest BCUT2D eigenvalue weighted by Gasteiger charge is 2.26. The third-order valence-electron chi connectivity index (χ3n) is 4.19. The molecule has 0 unspecified atom stereocenters. The Kier molecular flexibility index (Phi) is 5.23. The molecule has 0 saturated heterocycles. The Balaban J connectivity index is 1.94. The Labute approximate surface area is 147 Å². The fourth-order valence-electron chi connectivity index (χ4n) is 2.90. The summed E-state index contributed by atoms with van der Waals surface area (Å²) in [6.07, 6.45) is 4.20. The summed E-state index contributed by atoms with van der Waals surface area (Å²) in [5, 5.41) is 0. The van der Waals surface area contributed by atoms with Gasteiger partial charge in [-0.2, -0.15) is 0 Å². The van der Waals surface area contributed by atoms with Gasteiger partial charge in [0.1, 0.15) is 12.4 Å². The second-order valence-corrected chi connectivity index (χ2v) is 6.13. The van der Waals surface area contributed by atoms with Crippen LogP contribution in [0.1, 0.15) is 18.2 Å². The van der Waals surface area contributed by atoms with Crippen LogP contribution in [0.3, 0.4) is 0 Å². The van der Waals surface area contributed by atoms with Crippen LogP contribution in [0.5, 0.6) is 0 Å². The number of ether oxygens (including phenoxy) is 1. The second kappa shape index (κ2) is 7.57. The lowest BCUT2D eigenvalue weighted by Gasteiger charge is -2.30. The molecule has 0 atom stereocenters. The van der Waals surface area contributed by atoms with E-state index < -0.39 is 0 Å². The largest absolute Gasteiger partial charge is 0.372 e. The van der Waals surface area contributed by atoms with Crippen LogP contribution >= 0.6 is 0 Å². The van der Waals surface area contributed by atoms with Crippen molar-refractivity contribution in [1.82, 2.24) is 19.9 Å². The monoisotopic (exact) mass is 341 g/mol. The van der Waals surface area contributed by atoms with Crippen molar-refractivity contribution < 1.29 is 9.53 Å². The van der Waals surface area contributed by atoms with Gasteiger partial charge < -0.3 is 14.5 Å². The van der Waals surface area contributed by atoms with Crippen molar-refractivity contribution >= 4 is 11.7 Å². The summed E-state index contributed by atoms with van der Waals surface area (Å²) in [6, 6.07) is 3.78. The maximum atomic E-state index is 12.3. The van der Waals surface area contributed by atoms with Crippen LogP contribution in [-0.2, 0) is 22.5 Å². The van der Waals surface area contributed by atoms with E-state index in [0.29, 0.717) is 25.5 Å². The van der Waals surface area contributed by atoms with Gasteiger partial charge in [0.25, 0.3) is 0 Å². The number of fused-ring (bicyclic) bond motifs is 1. The van der Waals surface area contributed by atoms with Crippen LogP contribution < -0.4 is 4.90 Å². The number of amides is 1. The van der Waals surface area contributed by atoms with E-state index in [-0.39, 0.29) is 12.5 Å². The molecule has 7 nitrogen and oxygen atoms in total. The molecule has 0 N–H and O–H groups in total. The number of anilines is 1. The lowest BCUT2D eigenvalue weighted by Crippen LogP contribution is -2.39. The van der Waals surface area contributed by atoms with Crippen LogP contribution in [0.4, 0.5) is 5.82 Å². The summed E-state index contributed by atoms with van der Waals surface area (Å²) in [5.41, 5.74) is 2.93. The van der Waals surface area contributed by atoms with Crippen LogP contribution in [0.25, 0.3) is 11.4 Å². The molecule has 0 bridgehead atoms. The van der Waals surface area contributed by atoms with Gasteiger partial charge in [-0.1, -0.05) is 0 Å². The predicted molar refractivity (Wildman–Crippen MR) is 95.2 cm³/mol.